The summed E-state index contributed by atoms with van der Waals surface area (Å²) >= 11 is 0. The highest BCUT2D eigenvalue weighted by Gasteiger charge is 2.36. The quantitative estimate of drug-likeness (QED) is 0.411. The number of fused-ring (bicyclic) bond motifs is 1. The van der Waals surface area contributed by atoms with Gasteiger partial charge in [0.05, 0.1) is 0 Å². The zero-order chi connectivity index (χ0) is 22.7. The van der Waals surface area contributed by atoms with Crippen molar-refractivity contribution >= 4 is 0 Å². The lowest BCUT2D eigenvalue weighted by molar-refractivity contribution is 0.132. The van der Waals surface area contributed by atoms with Gasteiger partial charge in [-0.05, 0) is 92.4 Å². The predicted molar refractivity (Wildman–Crippen MR) is 123 cm³/mol. The Kier molecular flexibility index (Phi) is 7.07. The van der Waals surface area contributed by atoms with Gasteiger partial charge in [-0.1, -0.05) is 36.4 Å². The summed E-state index contributed by atoms with van der Waals surface area (Å²) in [5.41, 5.74) is 0.836. The van der Waals surface area contributed by atoms with Crippen molar-refractivity contribution in [2.24, 2.45) is 17.8 Å². The van der Waals surface area contributed by atoms with Gasteiger partial charge in [0.2, 0.25) is 0 Å². The van der Waals surface area contributed by atoms with E-state index in [2.05, 4.69) is 12.7 Å². The minimum absolute atomic E-state index is 0.0409. The van der Waals surface area contributed by atoms with Crippen molar-refractivity contribution in [2.45, 2.75) is 51.4 Å². The second kappa shape index (κ2) is 9.97. The molecule has 0 heterocycles. The standard InChI is InChI=1S/C28H31F3O/c1-3-5-14-32-26-13-10-22(17-25(26)29)24-12-11-23(27(30)28(24)31)21-9-8-19-15-18(4-2)6-7-20(19)16-21/h3-5,10-13,17-21H,2,6-9,14-16H2,1H3/b5-3+. The zero-order valence-corrected chi connectivity index (χ0v) is 18.6. The minimum Gasteiger partial charge on any atom is -0.486 e. The van der Waals surface area contributed by atoms with E-state index in [0.29, 0.717) is 28.9 Å². The van der Waals surface area contributed by atoms with Crippen molar-refractivity contribution < 1.29 is 17.9 Å². The molecular formula is C28H31F3O. The molecule has 32 heavy (non-hydrogen) atoms. The van der Waals surface area contributed by atoms with Gasteiger partial charge >= 0.3 is 0 Å². The Morgan fingerprint density at radius 1 is 0.969 bits per heavy atom. The van der Waals surface area contributed by atoms with Crippen LogP contribution in [0.25, 0.3) is 11.1 Å². The molecule has 0 N–H and O–H groups in total. The van der Waals surface area contributed by atoms with Crippen LogP contribution in [0.3, 0.4) is 0 Å². The normalized spacial score (nSPS) is 25.5. The monoisotopic (exact) mass is 440 g/mol. The van der Waals surface area contributed by atoms with E-state index in [1.807, 2.05) is 13.0 Å². The Morgan fingerprint density at radius 3 is 2.50 bits per heavy atom. The minimum atomic E-state index is -0.901. The van der Waals surface area contributed by atoms with Crippen LogP contribution in [-0.4, -0.2) is 6.61 Å². The van der Waals surface area contributed by atoms with Gasteiger partial charge in [0.25, 0.3) is 0 Å². The first-order chi connectivity index (χ1) is 15.5. The van der Waals surface area contributed by atoms with Crippen LogP contribution in [0.5, 0.6) is 5.75 Å². The number of rotatable bonds is 6. The molecule has 1 nitrogen and oxygen atoms in total. The SMILES string of the molecule is C=CC1CCC2CC(c3ccc(-c4ccc(OC/C=C/C)c(F)c4)c(F)c3F)CCC2C1. The van der Waals surface area contributed by atoms with Crippen molar-refractivity contribution in [3.8, 4) is 16.9 Å². The van der Waals surface area contributed by atoms with E-state index in [1.165, 1.54) is 18.6 Å². The lowest BCUT2D eigenvalue weighted by atomic mass is 9.64. The molecule has 0 radical (unpaired) electrons. The molecule has 0 spiro atoms. The maximum absolute atomic E-state index is 15.1. The molecule has 2 aromatic rings. The van der Waals surface area contributed by atoms with Gasteiger partial charge in [0.15, 0.2) is 23.2 Å². The van der Waals surface area contributed by atoms with Gasteiger partial charge in [-0.2, -0.15) is 0 Å². The number of ether oxygens (including phenoxy) is 1. The van der Waals surface area contributed by atoms with Crippen molar-refractivity contribution in [1.29, 1.82) is 0 Å². The summed E-state index contributed by atoms with van der Waals surface area (Å²) in [6.07, 6.45) is 12.0. The molecule has 2 aliphatic rings. The first kappa shape index (κ1) is 22.7. The Bertz CT molecular complexity index is 996. The number of allylic oxidation sites excluding steroid dienone is 2. The third-order valence-electron chi connectivity index (χ3n) is 7.35. The second-order valence-corrected chi connectivity index (χ2v) is 9.19. The Balaban J connectivity index is 1.52. The topological polar surface area (TPSA) is 9.23 Å². The molecule has 4 atom stereocenters. The zero-order valence-electron chi connectivity index (χ0n) is 18.6. The third kappa shape index (κ3) is 4.65. The first-order valence-electron chi connectivity index (χ1n) is 11.7. The summed E-state index contributed by atoms with van der Waals surface area (Å²) < 4.78 is 50.0. The molecular weight excluding hydrogens is 409 g/mol. The number of hydrogen-bond acceptors (Lipinski definition) is 1. The number of halogens is 3. The molecule has 4 unspecified atom stereocenters. The van der Waals surface area contributed by atoms with E-state index in [4.69, 9.17) is 4.74 Å². The maximum Gasteiger partial charge on any atom is 0.166 e. The van der Waals surface area contributed by atoms with Gasteiger partial charge in [0, 0.05) is 5.56 Å². The molecule has 4 rings (SSSR count). The molecule has 0 aromatic heterocycles. The molecule has 0 aliphatic heterocycles. The van der Waals surface area contributed by atoms with Gasteiger partial charge in [-0.3, -0.25) is 0 Å². The Morgan fingerprint density at radius 2 is 1.75 bits per heavy atom. The Labute approximate surface area is 189 Å². The van der Waals surface area contributed by atoms with Crippen molar-refractivity contribution in [2.75, 3.05) is 6.61 Å². The van der Waals surface area contributed by atoms with Crippen LogP contribution in [0.2, 0.25) is 0 Å². The van der Waals surface area contributed by atoms with Crippen LogP contribution in [-0.2, 0) is 0 Å². The maximum atomic E-state index is 15.1. The fraction of sp³-hybridized carbons (Fsp3) is 0.429. The van der Waals surface area contributed by atoms with Crippen LogP contribution >= 0.6 is 0 Å². The number of benzene rings is 2. The Hall–Kier alpha value is -2.49. The predicted octanol–water partition coefficient (Wildman–Crippen LogP) is 8.21. The average Bonchev–Trinajstić information content (AvgIpc) is 2.81. The molecule has 4 heteroatoms. The highest BCUT2D eigenvalue weighted by Crippen LogP contribution is 2.48. The van der Waals surface area contributed by atoms with E-state index in [0.717, 1.165) is 32.1 Å². The van der Waals surface area contributed by atoms with E-state index in [-0.39, 0.29) is 23.8 Å². The molecule has 170 valence electrons. The van der Waals surface area contributed by atoms with E-state index >= 15 is 8.78 Å². The third-order valence-corrected chi connectivity index (χ3v) is 7.35. The van der Waals surface area contributed by atoms with Crippen LogP contribution in [0.4, 0.5) is 13.2 Å². The average molecular weight is 441 g/mol. The molecule has 2 fully saturated rings. The van der Waals surface area contributed by atoms with E-state index in [9.17, 15) is 4.39 Å². The summed E-state index contributed by atoms with van der Waals surface area (Å²) in [6.45, 7) is 6.04. The van der Waals surface area contributed by atoms with Crippen molar-refractivity contribution in [1.82, 2.24) is 0 Å². The lowest BCUT2D eigenvalue weighted by Crippen LogP contribution is -2.30. The van der Waals surface area contributed by atoms with E-state index in [1.54, 1.807) is 24.3 Å². The highest BCUT2D eigenvalue weighted by molar-refractivity contribution is 5.66. The molecule has 0 amide bonds. The van der Waals surface area contributed by atoms with Gasteiger partial charge < -0.3 is 4.74 Å². The summed E-state index contributed by atoms with van der Waals surface area (Å²) in [7, 11) is 0. The molecule has 2 aliphatic carbocycles. The molecule has 0 saturated heterocycles. The van der Waals surface area contributed by atoms with Crippen LogP contribution in [0.15, 0.2) is 55.1 Å². The van der Waals surface area contributed by atoms with Crippen LogP contribution < -0.4 is 4.74 Å². The van der Waals surface area contributed by atoms with Gasteiger partial charge in [-0.25, -0.2) is 13.2 Å². The summed E-state index contributed by atoms with van der Waals surface area (Å²) in [4.78, 5) is 0. The largest absolute Gasteiger partial charge is 0.486 e. The summed E-state index contributed by atoms with van der Waals surface area (Å²) in [6, 6.07) is 7.51. The van der Waals surface area contributed by atoms with Crippen LogP contribution in [0.1, 0.15) is 56.9 Å². The molecule has 2 aromatic carbocycles. The smallest absolute Gasteiger partial charge is 0.166 e. The van der Waals surface area contributed by atoms with Gasteiger partial charge in [-0.15, -0.1) is 6.58 Å². The highest BCUT2D eigenvalue weighted by atomic mass is 19.2. The lowest BCUT2D eigenvalue weighted by Gasteiger charge is -2.41. The first-order valence-corrected chi connectivity index (χ1v) is 11.7. The summed E-state index contributed by atoms with van der Waals surface area (Å²) in [5, 5.41) is 0. The molecule has 0 bridgehead atoms. The fourth-order valence-electron chi connectivity index (χ4n) is 5.54. The molecule has 2 saturated carbocycles. The van der Waals surface area contributed by atoms with Crippen LogP contribution in [0, 0.1) is 35.2 Å². The summed E-state index contributed by atoms with van der Waals surface area (Å²) in [5.74, 6) is -0.304. The van der Waals surface area contributed by atoms with Crippen molar-refractivity contribution in [3.05, 3.63) is 78.2 Å². The van der Waals surface area contributed by atoms with E-state index < -0.39 is 17.5 Å². The number of hydrogen-bond donors (Lipinski definition) is 0. The van der Waals surface area contributed by atoms with Gasteiger partial charge in [0.1, 0.15) is 6.61 Å². The van der Waals surface area contributed by atoms with Crippen molar-refractivity contribution in [3.63, 3.8) is 0 Å². The fourth-order valence-corrected chi connectivity index (χ4v) is 5.54. The second-order valence-electron chi connectivity index (χ2n) is 9.19.